The predicted molar refractivity (Wildman–Crippen MR) is 73.4 cm³/mol. The lowest BCUT2D eigenvalue weighted by Crippen LogP contribution is -1.86. The molecule has 4 nitrogen and oxygen atoms in total. The van der Waals surface area contributed by atoms with E-state index in [-0.39, 0.29) is 0 Å². The van der Waals surface area contributed by atoms with Crippen LogP contribution in [0.3, 0.4) is 0 Å². The Morgan fingerprint density at radius 1 is 1.21 bits per heavy atom. The first-order valence-corrected chi connectivity index (χ1v) is 6.77. The van der Waals surface area contributed by atoms with Crippen LogP contribution in [0.25, 0.3) is 11.4 Å². The van der Waals surface area contributed by atoms with Gasteiger partial charge in [0.1, 0.15) is 5.75 Å². The monoisotopic (exact) mass is 272 g/mol. The maximum Gasteiger partial charge on any atom is 0.231 e. The topological polar surface area (TPSA) is 48.2 Å². The summed E-state index contributed by atoms with van der Waals surface area (Å²) in [5.41, 5.74) is 2.11. The molecule has 0 aliphatic heterocycles. The number of hydrogen-bond donors (Lipinski definition) is 0. The van der Waals surface area contributed by atoms with E-state index in [4.69, 9.17) is 9.26 Å². The van der Waals surface area contributed by atoms with Gasteiger partial charge >= 0.3 is 0 Å². The minimum atomic E-state index is 0.605. The molecule has 0 spiro atoms. The number of methoxy groups -OCH3 is 1. The zero-order valence-electron chi connectivity index (χ0n) is 10.4. The average molecular weight is 272 g/mol. The largest absolute Gasteiger partial charge is 0.497 e. The maximum atomic E-state index is 5.26. The number of ether oxygens (including phenoxy) is 1. The van der Waals surface area contributed by atoms with Crippen molar-refractivity contribution < 1.29 is 9.26 Å². The molecule has 0 bridgehead atoms. The Bertz CT molecular complexity index is 644. The van der Waals surface area contributed by atoms with Crippen molar-refractivity contribution in [1.29, 1.82) is 0 Å². The van der Waals surface area contributed by atoms with Crippen LogP contribution in [0, 0.1) is 0 Å². The highest BCUT2D eigenvalue weighted by Crippen LogP contribution is 2.20. The van der Waals surface area contributed by atoms with Crippen molar-refractivity contribution in [2.45, 2.75) is 6.42 Å². The normalized spacial score (nSPS) is 10.6. The van der Waals surface area contributed by atoms with E-state index in [0.717, 1.165) is 11.3 Å². The van der Waals surface area contributed by atoms with E-state index in [9.17, 15) is 0 Å². The van der Waals surface area contributed by atoms with Gasteiger partial charge in [0.25, 0.3) is 0 Å². The molecular formula is C14H12N2O2S. The molecule has 0 aliphatic carbocycles. The molecule has 2 aromatic heterocycles. The van der Waals surface area contributed by atoms with Crippen molar-refractivity contribution in [2.75, 3.05) is 7.11 Å². The molecule has 0 unspecified atom stereocenters. The number of benzene rings is 1. The molecule has 0 saturated heterocycles. The highest BCUT2D eigenvalue weighted by atomic mass is 32.1. The molecule has 96 valence electrons. The van der Waals surface area contributed by atoms with Crippen molar-refractivity contribution in [2.24, 2.45) is 0 Å². The van der Waals surface area contributed by atoms with E-state index >= 15 is 0 Å². The molecule has 1 aromatic carbocycles. The smallest absolute Gasteiger partial charge is 0.231 e. The van der Waals surface area contributed by atoms with Crippen LogP contribution in [-0.2, 0) is 6.42 Å². The summed E-state index contributed by atoms with van der Waals surface area (Å²) in [6.45, 7) is 0. The lowest BCUT2D eigenvalue weighted by molar-refractivity contribution is 0.386. The molecule has 0 atom stereocenters. The van der Waals surface area contributed by atoms with E-state index in [2.05, 4.69) is 21.6 Å². The average Bonchev–Trinajstić information content (AvgIpc) is 3.11. The Morgan fingerprint density at radius 3 is 2.74 bits per heavy atom. The molecule has 5 heteroatoms. The minimum Gasteiger partial charge on any atom is -0.497 e. The van der Waals surface area contributed by atoms with Gasteiger partial charge in [-0.15, -0.1) is 0 Å². The minimum absolute atomic E-state index is 0.605. The number of thiophene rings is 1. The van der Waals surface area contributed by atoms with Crippen LogP contribution in [0.2, 0.25) is 0 Å². The Labute approximate surface area is 114 Å². The van der Waals surface area contributed by atoms with Gasteiger partial charge in [0.2, 0.25) is 11.7 Å². The first-order chi connectivity index (χ1) is 9.35. The molecule has 0 amide bonds. The second-order valence-corrected chi connectivity index (χ2v) is 4.83. The van der Waals surface area contributed by atoms with Gasteiger partial charge in [-0.2, -0.15) is 16.3 Å². The lowest BCUT2D eigenvalue weighted by atomic mass is 10.2. The highest BCUT2D eigenvalue weighted by Gasteiger charge is 2.09. The Morgan fingerprint density at radius 2 is 2.05 bits per heavy atom. The van der Waals surface area contributed by atoms with Crippen molar-refractivity contribution in [1.82, 2.24) is 10.1 Å². The summed E-state index contributed by atoms with van der Waals surface area (Å²) in [7, 11) is 1.64. The van der Waals surface area contributed by atoms with Gasteiger partial charge < -0.3 is 9.26 Å². The van der Waals surface area contributed by atoms with Crippen LogP contribution in [0.5, 0.6) is 5.75 Å². The van der Waals surface area contributed by atoms with Crippen molar-refractivity contribution in [3.8, 4) is 17.1 Å². The van der Waals surface area contributed by atoms with Gasteiger partial charge in [-0.1, -0.05) is 5.16 Å². The molecule has 2 heterocycles. The third-order valence-corrected chi connectivity index (χ3v) is 3.48. The lowest BCUT2D eigenvalue weighted by Gasteiger charge is -1.98. The van der Waals surface area contributed by atoms with E-state index in [1.165, 1.54) is 5.56 Å². The van der Waals surface area contributed by atoms with E-state index < -0.39 is 0 Å². The number of aromatic nitrogens is 2. The van der Waals surface area contributed by atoms with E-state index in [1.54, 1.807) is 18.4 Å². The quantitative estimate of drug-likeness (QED) is 0.730. The van der Waals surface area contributed by atoms with Gasteiger partial charge in [0, 0.05) is 5.56 Å². The Balaban J connectivity index is 1.80. The summed E-state index contributed by atoms with van der Waals surface area (Å²) in [5, 5.41) is 8.12. The van der Waals surface area contributed by atoms with E-state index in [0.29, 0.717) is 18.1 Å². The summed E-state index contributed by atoms with van der Waals surface area (Å²) in [4.78, 5) is 4.40. The van der Waals surface area contributed by atoms with Crippen LogP contribution >= 0.6 is 11.3 Å². The summed E-state index contributed by atoms with van der Waals surface area (Å²) < 4.78 is 10.4. The molecule has 0 saturated carbocycles. The third-order valence-electron chi connectivity index (χ3n) is 2.75. The van der Waals surface area contributed by atoms with Gasteiger partial charge in [-0.3, -0.25) is 0 Å². The zero-order valence-corrected chi connectivity index (χ0v) is 11.2. The summed E-state index contributed by atoms with van der Waals surface area (Å²) in [6.07, 6.45) is 0.673. The number of rotatable bonds is 4. The maximum absolute atomic E-state index is 5.26. The molecule has 0 fully saturated rings. The van der Waals surface area contributed by atoms with Crippen molar-refractivity contribution in [3.63, 3.8) is 0 Å². The Kier molecular flexibility index (Phi) is 3.29. The summed E-state index contributed by atoms with van der Waals surface area (Å²) in [5.74, 6) is 2.04. The highest BCUT2D eigenvalue weighted by molar-refractivity contribution is 7.07. The summed E-state index contributed by atoms with van der Waals surface area (Å²) in [6, 6.07) is 9.65. The second-order valence-electron chi connectivity index (χ2n) is 4.05. The first-order valence-electron chi connectivity index (χ1n) is 5.83. The molecule has 19 heavy (non-hydrogen) atoms. The van der Waals surface area contributed by atoms with Gasteiger partial charge in [-0.05, 0) is 46.7 Å². The first kappa shape index (κ1) is 11.9. The molecular weight excluding hydrogens is 260 g/mol. The van der Waals surface area contributed by atoms with Crippen LogP contribution in [-0.4, -0.2) is 17.3 Å². The number of nitrogens with zero attached hydrogens (tertiary/aromatic N) is 2. The van der Waals surface area contributed by atoms with E-state index in [1.807, 2.05) is 29.6 Å². The third kappa shape index (κ3) is 2.66. The summed E-state index contributed by atoms with van der Waals surface area (Å²) >= 11 is 1.66. The standard InChI is InChI=1S/C14H12N2O2S/c1-17-12-4-2-11(3-5-12)14-15-13(18-16-14)8-10-6-7-19-9-10/h2-7,9H,8H2,1H3. The predicted octanol–water partition coefficient (Wildman–Crippen LogP) is 3.40. The fraction of sp³-hybridized carbons (Fsp3) is 0.143. The van der Waals surface area contributed by atoms with Crippen LogP contribution in [0.1, 0.15) is 11.5 Å². The molecule has 3 aromatic rings. The van der Waals surface area contributed by atoms with Crippen LogP contribution < -0.4 is 4.74 Å². The Hall–Kier alpha value is -2.14. The number of hydrogen-bond acceptors (Lipinski definition) is 5. The second kappa shape index (κ2) is 5.24. The SMILES string of the molecule is COc1ccc(-c2noc(Cc3ccsc3)n2)cc1. The zero-order chi connectivity index (χ0) is 13.1. The van der Waals surface area contributed by atoms with Crippen LogP contribution in [0.15, 0.2) is 45.6 Å². The molecule has 0 radical (unpaired) electrons. The fourth-order valence-electron chi connectivity index (χ4n) is 1.75. The fourth-order valence-corrected chi connectivity index (χ4v) is 2.42. The molecule has 0 aliphatic rings. The van der Waals surface area contributed by atoms with Gasteiger partial charge in [0.15, 0.2) is 0 Å². The molecule has 3 rings (SSSR count). The molecule has 0 N–H and O–H groups in total. The van der Waals surface area contributed by atoms with Crippen molar-refractivity contribution >= 4 is 11.3 Å². The van der Waals surface area contributed by atoms with Gasteiger partial charge in [0.05, 0.1) is 13.5 Å². The van der Waals surface area contributed by atoms with Gasteiger partial charge in [-0.25, -0.2) is 0 Å². The van der Waals surface area contributed by atoms with Crippen molar-refractivity contribution in [3.05, 3.63) is 52.5 Å². The van der Waals surface area contributed by atoms with Crippen LogP contribution in [0.4, 0.5) is 0 Å².